The zero-order valence-corrected chi connectivity index (χ0v) is 17.2. The zero-order valence-electron chi connectivity index (χ0n) is 17.2. The molecule has 2 fully saturated rings. The highest BCUT2D eigenvalue weighted by Gasteiger charge is 2.51. The highest BCUT2D eigenvalue weighted by atomic mass is 16.5. The molecule has 2 aliphatic rings. The molecule has 158 valence electrons. The molecule has 0 radical (unpaired) electrons. The highest BCUT2D eigenvalue weighted by Crippen LogP contribution is 2.43. The summed E-state index contributed by atoms with van der Waals surface area (Å²) in [6.45, 7) is 2.68. The van der Waals surface area contributed by atoms with Gasteiger partial charge in [0.25, 0.3) is 0 Å². The van der Waals surface area contributed by atoms with Gasteiger partial charge < -0.3 is 19.2 Å². The Kier molecular flexibility index (Phi) is 5.57. The van der Waals surface area contributed by atoms with Crippen LogP contribution in [0.2, 0.25) is 0 Å². The Morgan fingerprint density at radius 3 is 2.67 bits per heavy atom. The smallest absolute Gasteiger partial charge is 0.243 e. The van der Waals surface area contributed by atoms with Crippen LogP contribution in [0.4, 0.5) is 0 Å². The average Bonchev–Trinajstić information content (AvgIpc) is 3.41. The van der Waals surface area contributed by atoms with Crippen LogP contribution < -0.4 is 0 Å². The van der Waals surface area contributed by atoms with Crippen LogP contribution in [0.5, 0.6) is 0 Å². The van der Waals surface area contributed by atoms with Crippen molar-refractivity contribution >= 4 is 17.7 Å². The molecule has 0 aliphatic carbocycles. The van der Waals surface area contributed by atoms with Crippen molar-refractivity contribution in [3.8, 4) is 0 Å². The van der Waals surface area contributed by atoms with E-state index in [1.54, 1.807) is 29.8 Å². The standard InChI is InChI=1S/C22H26N4O4/c1-3-19(27)25-13-17-11-18(22(29)24(2)12-16-9-10-30-23-16)21(26(17)20(28)14-25)15-7-5-4-6-8-15/h4-10,17-18,21H,3,11-14H2,1-2H3/t17-,18-,21-/m0/s1. The molecule has 0 spiro atoms. The number of hydrogen-bond acceptors (Lipinski definition) is 5. The molecule has 8 nitrogen and oxygen atoms in total. The van der Waals surface area contributed by atoms with E-state index in [1.807, 2.05) is 35.2 Å². The monoisotopic (exact) mass is 410 g/mol. The number of carbonyl (C=O) groups is 3. The molecule has 1 aromatic heterocycles. The molecule has 3 amide bonds. The lowest BCUT2D eigenvalue weighted by atomic mass is 9.91. The van der Waals surface area contributed by atoms with Gasteiger partial charge in [0, 0.05) is 26.1 Å². The van der Waals surface area contributed by atoms with Gasteiger partial charge in [-0.2, -0.15) is 0 Å². The fraction of sp³-hybridized carbons (Fsp3) is 0.455. The molecule has 0 N–H and O–H groups in total. The number of nitrogens with zero attached hydrogens (tertiary/aromatic N) is 4. The van der Waals surface area contributed by atoms with E-state index < -0.39 is 0 Å². The molecule has 2 saturated heterocycles. The summed E-state index contributed by atoms with van der Waals surface area (Å²) in [6, 6.07) is 10.9. The van der Waals surface area contributed by atoms with Gasteiger partial charge in [-0.1, -0.05) is 42.4 Å². The van der Waals surface area contributed by atoms with E-state index in [0.29, 0.717) is 31.6 Å². The van der Waals surface area contributed by atoms with Crippen molar-refractivity contribution < 1.29 is 18.9 Å². The number of rotatable bonds is 5. The lowest BCUT2D eigenvalue weighted by Gasteiger charge is -2.40. The number of piperazine rings is 1. The molecule has 3 heterocycles. The average molecular weight is 410 g/mol. The second kappa shape index (κ2) is 8.30. The highest BCUT2D eigenvalue weighted by molar-refractivity contribution is 5.88. The molecular weight excluding hydrogens is 384 g/mol. The second-order valence-corrected chi connectivity index (χ2v) is 7.97. The maximum Gasteiger partial charge on any atom is 0.243 e. The van der Waals surface area contributed by atoms with Crippen LogP contribution >= 0.6 is 0 Å². The Hall–Kier alpha value is -3.16. The Balaban J connectivity index is 1.62. The van der Waals surface area contributed by atoms with E-state index in [4.69, 9.17) is 4.52 Å². The maximum atomic E-state index is 13.4. The number of carbonyl (C=O) groups excluding carboxylic acids is 3. The fourth-order valence-electron chi connectivity index (χ4n) is 4.66. The molecular formula is C22H26N4O4. The molecule has 30 heavy (non-hydrogen) atoms. The van der Waals surface area contributed by atoms with E-state index in [-0.39, 0.29) is 42.3 Å². The minimum absolute atomic E-state index is 0.0304. The minimum Gasteiger partial charge on any atom is -0.364 e. The number of hydrogen-bond donors (Lipinski definition) is 0. The Labute approximate surface area is 175 Å². The quantitative estimate of drug-likeness (QED) is 0.751. The first-order chi connectivity index (χ1) is 14.5. The van der Waals surface area contributed by atoms with Gasteiger partial charge in [0.2, 0.25) is 17.7 Å². The van der Waals surface area contributed by atoms with Crippen molar-refractivity contribution in [1.82, 2.24) is 19.9 Å². The first-order valence-corrected chi connectivity index (χ1v) is 10.3. The van der Waals surface area contributed by atoms with Crippen molar-refractivity contribution in [2.45, 2.75) is 38.4 Å². The summed E-state index contributed by atoms with van der Waals surface area (Å²) in [6.07, 6.45) is 2.37. The van der Waals surface area contributed by atoms with Crippen LogP contribution in [0.15, 0.2) is 47.2 Å². The molecule has 1 aromatic carbocycles. The second-order valence-electron chi connectivity index (χ2n) is 7.97. The lowest BCUT2D eigenvalue weighted by Crippen LogP contribution is -2.55. The number of fused-ring (bicyclic) bond motifs is 1. The Morgan fingerprint density at radius 2 is 2.00 bits per heavy atom. The zero-order chi connectivity index (χ0) is 21.3. The van der Waals surface area contributed by atoms with Crippen LogP contribution in [0.25, 0.3) is 0 Å². The van der Waals surface area contributed by atoms with Gasteiger partial charge in [-0.3, -0.25) is 14.4 Å². The van der Waals surface area contributed by atoms with Gasteiger partial charge in [-0.25, -0.2) is 0 Å². The third-order valence-electron chi connectivity index (χ3n) is 6.03. The summed E-state index contributed by atoms with van der Waals surface area (Å²) in [5.74, 6) is -0.550. The Morgan fingerprint density at radius 1 is 1.23 bits per heavy atom. The first-order valence-electron chi connectivity index (χ1n) is 10.3. The van der Waals surface area contributed by atoms with Crippen molar-refractivity contribution in [1.29, 1.82) is 0 Å². The van der Waals surface area contributed by atoms with Crippen LogP contribution in [-0.4, -0.2) is 63.8 Å². The van der Waals surface area contributed by atoms with E-state index >= 15 is 0 Å². The molecule has 2 aromatic rings. The van der Waals surface area contributed by atoms with Gasteiger partial charge >= 0.3 is 0 Å². The predicted octanol–water partition coefficient (Wildman–Crippen LogP) is 1.84. The normalized spacial score (nSPS) is 23.4. The molecule has 0 saturated carbocycles. The first kappa shape index (κ1) is 20.1. The topological polar surface area (TPSA) is 87.0 Å². The Bertz CT molecular complexity index is 914. The van der Waals surface area contributed by atoms with E-state index in [9.17, 15) is 14.4 Å². The van der Waals surface area contributed by atoms with Crippen LogP contribution in [0, 0.1) is 5.92 Å². The number of aromatic nitrogens is 1. The van der Waals surface area contributed by atoms with Crippen LogP contribution in [0.1, 0.15) is 37.1 Å². The molecule has 0 bridgehead atoms. The summed E-state index contributed by atoms with van der Waals surface area (Å²) in [5, 5.41) is 3.89. The van der Waals surface area contributed by atoms with E-state index in [1.165, 1.54) is 6.26 Å². The van der Waals surface area contributed by atoms with Crippen LogP contribution in [-0.2, 0) is 20.9 Å². The lowest BCUT2D eigenvalue weighted by molar-refractivity contribution is -0.149. The van der Waals surface area contributed by atoms with Crippen molar-refractivity contribution in [2.75, 3.05) is 20.1 Å². The fourth-order valence-corrected chi connectivity index (χ4v) is 4.66. The summed E-state index contributed by atoms with van der Waals surface area (Å²) in [7, 11) is 1.74. The molecule has 4 rings (SSSR count). The number of amides is 3. The van der Waals surface area contributed by atoms with Crippen molar-refractivity contribution in [3.05, 3.63) is 53.9 Å². The van der Waals surface area contributed by atoms with Gasteiger partial charge in [0.05, 0.1) is 31.1 Å². The van der Waals surface area contributed by atoms with E-state index in [2.05, 4.69) is 5.16 Å². The third kappa shape index (κ3) is 3.69. The SMILES string of the molecule is CCC(=O)N1CC(=O)N2[C@@H](C[C@H](C(=O)N(C)Cc3ccon3)[C@@H]2c2ccccc2)C1. The predicted molar refractivity (Wildman–Crippen MR) is 108 cm³/mol. The summed E-state index contributed by atoms with van der Waals surface area (Å²) < 4.78 is 4.87. The van der Waals surface area contributed by atoms with Gasteiger partial charge in [-0.15, -0.1) is 0 Å². The van der Waals surface area contributed by atoms with Gasteiger partial charge in [0.1, 0.15) is 12.0 Å². The summed E-state index contributed by atoms with van der Waals surface area (Å²) >= 11 is 0. The third-order valence-corrected chi connectivity index (χ3v) is 6.03. The molecule has 2 aliphatic heterocycles. The van der Waals surface area contributed by atoms with Gasteiger partial charge in [0.15, 0.2) is 0 Å². The molecule has 3 atom stereocenters. The van der Waals surface area contributed by atoms with Crippen molar-refractivity contribution in [2.24, 2.45) is 5.92 Å². The largest absolute Gasteiger partial charge is 0.364 e. The van der Waals surface area contributed by atoms with Gasteiger partial charge in [-0.05, 0) is 12.0 Å². The number of benzene rings is 1. The maximum absolute atomic E-state index is 13.4. The van der Waals surface area contributed by atoms with Crippen molar-refractivity contribution in [3.63, 3.8) is 0 Å². The summed E-state index contributed by atoms with van der Waals surface area (Å²) in [5.41, 5.74) is 1.62. The van der Waals surface area contributed by atoms with E-state index in [0.717, 1.165) is 5.56 Å². The minimum atomic E-state index is -0.380. The molecule has 8 heteroatoms. The summed E-state index contributed by atoms with van der Waals surface area (Å²) in [4.78, 5) is 43.8. The molecule has 0 unspecified atom stereocenters. The van der Waals surface area contributed by atoms with Crippen LogP contribution in [0.3, 0.4) is 0 Å².